The number of piperidine rings is 1. The second-order valence-corrected chi connectivity index (χ2v) is 6.38. The third-order valence-electron chi connectivity index (χ3n) is 4.21. The standard InChI is InChI=1S/C19H22N4O2/c1-14-6-5-11-23(13-14)19(25)18(24)22-16-9-10-17(20-12-16)21-15-7-3-2-4-8-15/h2-4,7-10,12,14H,5-6,11,13H2,1H3,(H,20,21)(H,22,24)/t14-/m1/s1. The molecule has 2 N–H and O–H groups in total. The van der Waals surface area contributed by atoms with Gasteiger partial charge in [0.2, 0.25) is 0 Å². The quantitative estimate of drug-likeness (QED) is 0.844. The van der Waals surface area contributed by atoms with E-state index in [9.17, 15) is 9.59 Å². The van der Waals surface area contributed by atoms with Crippen LogP contribution in [0.25, 0.3) is 0 Å². The molecule has 1 atom stereocenters. The predicted octanol–water partition coefficient (Wildman–Crippen LogP) is 3.02. The Morgan fingerprint density at radius 3 is 2.60 bits per heavy atom. The number of likely N-dealkylation sites (tertiary alicyclic amines) is 1. The van der Waals surface area contributed by atoms with Crippen LogP contribution >= 0.6 is 0 Å². The molecular weight excluding hydrogens is 316 g/mol. The molecule has 1 fully saturated rings. The first-order valence-corrected chi connectivity index (χ1v) is 8.50. The van der Waals surface area contributed by atoms with Crippen molar-refractivity contribution in [2.75, 3.05) is 23.7 Å². The highest BCUT2D eigenvalue weighted by Gasteiger charge is 2.26. The van der Waals surface area contributed by atoms with Gasteiger partial charge in [-0.3, -0.25) is 9.59 Å². The summed E-state index contributed by atoms with van der Waals surface area (Å²) in [4.78, 5) is 30.3. The van der Waals surface area contributed by atoms with Gasteiger partial charge in [-0.15, -0.1) is 0 Å². The van der Waals surface area contributed by atoms with Crippen molar-refractivity contribution in [3.05, 3.63) is 48.7 Å². The van der Waals surface area contributed by atoms with Crippen molar-refractivity contribution in [1.29, 1.82) is 0 Å². The number of carbonyl (C=O) groups is 2. The van der Waals surface area contributed by atoms with Gasteiger partial charge in [0.25, 0.3) is 0 Å². The molecule has 0 aliphatic carbocycles. The molecule has 1 aliphatic rings. The van der Waals surface area contributed by atoms with Crippen LogP contribution in [0.3, 0.4) is 0 Å². The molecule has 1 aliphatic heterocycles. The average molecular weight is 338 g/mol. The molecule has 0 radical (unpaired) electrons. The van der Waals surface area contributed by atoms with Crippen LogP contribution in [0.2, 0.25) is 0 Å². The van der Waals surface area contributed by atoms with Crippen LogP contribution in [0.15, 0.2) is 48.7 Å². The van der Waals surface area contributed by atoms with Gasteiger partial charge in [-0.25, -0.2) is 4.98 Å². The molecule has 2 heterocycles. The van der Waals surface area contributed by atoms with Crippen LogP contribution in [-0.2, 0) is 9.59 Å². The fourth-order valence-electron chi connectivity index (χ4n) is 2.91. The number of anilines is 3. The number of rotatable bonds is 3. The Balaban J connectivity index is 1.57. The number of pyridine rings is 1. The number of aromatic nitrogens is 1. The highest BCUT2D eigenvalue weighted by Crippen LogP contribution is 2.17. The molecule has 130 valence electrons. The first-order valence-electron chi connectivity index (χ1n) is 8.50. The van der Waals surface area contributed by atoms with E-state index in [-0.39, 0.29) is 0 Å². The molecule has 1 aromatic heterocycles. The van der Waals surface area contributed by atoms with E-state index in [1.165, 1.54) is 6.20 Å². The lowest BCUT2D eigenvalue weighted by atomic mass is 10.0. The minimum atomic E-state index is -0.611. The molecule has 0 spiro atoms. The van der Waals surface area contributed by atoms with Gasteiger partial charge in [0.05, 0.1) is 11.9 Å². The molecular formula is C19H22N4O2. The fraction of sp³-hybridized carbons (Fsp3) is 0.316. The summed E-state index contributed by atoms with van der Waals surface area (Å²) in [5, 5.41) is 5.79. The summed E-state index contributed by atoms with van der Waals surface area (Å²) in [6, 6.07) is 13.2. The van der Waals surface area contributed by atoms with E-state index in [1.807, 2.05) is 30.3 Å². The third-order valence-corrected chi connectivity index (χ3v) is 4.21. The highest BCUT2D eigenvalue weighted by molar-refractivity contribution is 6.39. The number of hydrogen-bond donors (Lipinski definition) is 2. The van der Waals surface area contributed by atoms with Crippen molar-refractivity contribution < 1.29 is 9.59 Å². The van der Waals surface area contributed by atoms with Crippen LogP contribution in [0.1, 0.15) is 19.8 Å². The van der Waals surface area contributed by atoms with Gasteiger partial charge in [0.1, 0.15) is 5.82 Å². The lowest BCUT2D eigenvalue weighted by Crippen LogP contribution is -2.44. The molecule has 1 aromatic carbocycles. The van der Waals surface area contributed by atoms with Crippen LogP contribution in [0.4, 0.5) is 17.2 Å². The maximum absolute atomic E-state index is 12.2. The van der Waals surface area contributed by atoms with E-state index >= 15 is 0 Å². The van der Waals surface area contributed by atoms with Crippen molar-refractivity contribution in [3.63, 3.8) is 0 Å². The molecule has 6 nitrogen and oxygen atoms in total. The van der Waals surface area contributed by atoms with Crippen LogP contribution in [-0.4, -0.2) is 34.8 Å². The topological polar surface area (TPSA) is 74.3 Å². The summed E-state index contributed by atoms with van der Waals surface area (Å²) in [7, 11) is 0. The van der Waals surface area contributed by atoms with E-state index in [4.69, 9.17) is 0 Å². The number of para-hydroxylation sites is 1. The number of carbonyl (C=O) groups excluding carboxylic acids is 2. The zero-order chi connectivity index (χ0) is 17.6. The molecule has 3 rings (SSSR count). The van der Waals surface area contributed by atoms with Crippen LogP contribution < -0.4 is 10.6 Å². The van der Waals surface area contributed by atoms with Gasteiger partial charge in [-0.1, -0.05) is 25.1 Å². The van der Waals surface area contributed by atoms with Crippen LogP contribution in [0.5, 0.6) is 0 Å². The van der Waals surface area contributed by atoms with Crippen molar-refractivity contribution in [1.82, 2.24) is 9.88 Å². The van der Waals surface area contributed by atoms with Crippen molar-refractivity contribution in [3.8, 4) is 0 Å². The van der Waals surface area contributed by atoms with Gasteiger partial charge in [-0.05, 0) is 43.0 Å². The normalized spacial score (nSPS) is 17.0. The first-order chi connectivity index (χ1) is 12.1. The smallest absolute Gasteiger partial charge is 0.313 e. The Bertz CT molecular complexity index is 731. The van der Waals surface area contributed by atoms with Crippen molar-refractivity contribution in [2.45, 2.75) is 19.8 Å². The van der Waals surface area contributed by atoms with Crippen molar-refractivity contribution in [2.24, 2.45) is 5.92 Å². The molecule has 2 aromatic rings. The zero-order valence-electron chi connectivity index (χ0n) is 14.2. The van der Waals surface area contributed by atoms with Crippen LogP contribution in [0, 0.1) is 5.92 Å². The summed E-state index contributed by atoms with van der Waals surface area (Å²) < 4.78 is 0. The van der Waals surface area contributed by atoms with Gasteiger partial charge >= 0.3 is 11.8 Å². The Morgan fingerprint density at radius 2 is 1.92 bits per heavy atom. The number of nitrogens with one attached hydrogen (secondary N) is 2. The summed E-state index contributed by atoms with van der Waals surface area (Å²) in [6.45, 7) is 3.39. The molecule has 1 saturated heterocycles. The molecule has 0 saturated carbocycles. The lowest BCUT2D eigenvalue weighted by molar-refractivity contribution is -0.144. The van der Waals surface area contributed by atoms with E-state index in [1.54, 1.807) is 17.0 Å². The fourth-order valence-corrected chi connectivity index (χ4v) is 2.91. The Morgan fingerprint density at radius 1 is 1.12 bits per heavy atom. The Kier molecular flexibility index (Phi) is 5.28. The van der Waals surface area contributed by atoms with Gasteiger partial charge in [0.15, 0.2) is 0 Å². The summed E-state index contributed by atoms with van der Waals surface area (Å²) >= 11 is 0. The largest absolute Gasteiger partial charge is 0.340 e. The lowest BCUT2D eigenvalue weighted by Gasteiger charge is -2.30. The van der Waals surface area contributed by atoms with E-state index < -0.39 is 11.8 Å². The number of nitrogens with zero attached hydrogens (tertiary/aromatic N) is 2. The molecule has 0 unspecified atom stereocenters. The summed E-state index contributed by atoms with van der Waals surface area (Å²) in [5.74, 6) is 0.0218. The summed E-state index contributed by atoms with van der Waals surface area (Å²) in [6.07, 6.45) is 3.59. The second-order valence-electron chi connectivity index (χ2n) is 6.38. The van der Waals surface area contributed by atoms with Gasteiger partial charge in [0, 0.05) is 18.8 Å². The maximum Gasteiger partial charge on any atom is 0.313 e. The molecule has 2 amide bonds. The van der Waals surface area contributed by atoms with E-state index in [2.05, 4.69) is 22.5 Å². The van der Waals surface area contributed by atoms with Crippen molar-refractivity contribution >= 4 is 29.0 Å². The minimum absolute atomic E-state index is 0.440. The number of hydrogen-bond acceptors (Lipinski definition) is 4. The second kappa shape index (κ2) is 7.79. The molecule has 0 bridgehead atoms. The average Bonchev–Trinajstić information content (AvgIpc) is 2.63. The SMILES string of the molecule is C[C@@H]1CCCN(C(=O)C(=O)Nc2ccc(Nc3ccccc3)nc2)C1. The minimum Gasteiger partial charge on any atom is -0.340 e. The zero-order valence-corrected chi connectivity index (χ0v) is 14.2. The number of benzene rings is 1. The van der Waals surface area contributed by atoms with E-state index in [0.717, 1.165) is 18.5 Å². The van der Waals surface area contributed by atoms with E-state index in [0.29, 0.717) is 30.5 Å². The predicted molar refractivity (Wildman–Crippen MR) is 97.6 cm³/mol. The number of amides is 2. The molecule has 6 heteroatoms. The maximum atomic E-state index is 12.2. The Labute approximate surface area is 147 Å². The van der Waals surface area contributed by atoms with Gasteiger partial charge in [-0.2, -0.15) is 0 Å². The van der Waals surface area contributed by atoms with Gasteiger partial charge < -0.3 is 15.5 Å². The molecule has 25 heavy (non-hydrogen) atoms. The Hall–Kier alpha value is -2.89. The first kappa shape index (κ1) is 17.0. The highest BCUT2D eigenvalue weighted by atomic mass is 16.2. The third kappa shape index (κ3) is 4.56. The monoisotopic (exact) mass is 338 g/mol. The summed E-state index contributed by atoms with van der Waals surface area (Å²) in [5.41, 5.74) is 1.43.